The summed E-state index contributed by atoms with van der Waals surface area (Å²) in [5.41, 5.74) is 2.55. The summed E-state index contributed by atoms with van der Waals surface area (Å²) in [5.74, 6) is 1.54. The molecule has 0 aliphatic carbocycles. The fourth-order valence-electron chi connectivity index (χ4n) is 3.06. The van der Waals surface area contributed by atoms with E-state index in [1.807, 2.05) is 0 Å². The molecule has 1 saturated heterocycles. The molecule has 5 heteroatoms. The molecule has 3 rings (SSSR count). The second-order valence-electron chi connectivity index (χ2n) is 5.10. The molecule has 0 bridgehead atoms. The van der Waals surface area contributed by atoms with Gasteiger partial charge in [-0.25, -0.2) is 0 Å². The van der Waals surface area contributed by atoms with Gasteiger partial charge in [0.1, 0.15) is 6.23 Å². The summed E-state index contributed by atoms with van der Waals surface area (Å²) in [5, 5.41) is 12.9. The molecule has 0 spiro atoms. The first-order chi connectivity index (χ1) is 9.22. The number of aliphatic hydroxyl groups excluding tert-OH is 1. The van der Waals surface area contributed by atoms with Crippen molar-refractivity contribution in [2.75, 3.05) is 27.4 Å². The third kappa shape index (κ3) is 2.18. The molecule has 2 N–H and O–H groups in total. The molecule has 1 aromatic rings. The SMILES string of the molecule is COc1cc2c(cc1OC)[C@H]1C[C@H](O)NCN1CC2. The van der Waals surface area contributed by atoms with Crippen molar-refractivity contribution in [3.05, 3.63) is 23.3 Å². The highest BCUT2D eigenvalue weighted by atomic mass is 16.5. The van der Waals surface area contributed by atoms with E-state index in [-0.39, 0.29) is 6.04 Å². The highest BCUT2D eigenvalue weighted by Crippen LogP contribution is 2.40. The lowest BCUT2D eigenvalue weighted by atomic mass is 9.89. The van der Waals surface area contributed by atoms with Gasteiger partial charge in [-0.2, -0.15) is 0 Å². The molecule has 19 heavy (non-hydrogen) atoms. The number of hydrogen-bond acceptors (Lipinski definition) is 5. The summed E-state index contributed by atoms with van der Waals surface area (Å²) in [7, 11) is 3.32. The Morgan fingerprint density at radius 3 is 2.74 bits per heavy atom. The average molecular weight is 264 g/mol. The van der Waals surface area contributed by atoms with Gasteiger partial charge in [0.2, 0.25) is 0 Å². The van der Waals surface area contributed by atoms with E-state index < -0.39 is 6.23 Å². The number of nitrogens with zero attached hydrogens (tertiary/aromatic N) is 1. The number of fused-ring (bicyclic) bond motifs is 3. The van der Waals surface area contributed by atoms with Crippen LogP contribution < -0.4 is 14.8 Å². The van der Waals surface area contributed by atoms with E-state index in [9.17, 15) is 5.11 Å². The van der Waals surface area contributed by atoms with Crippen LogP contribution in [0.25, 0.3) is 0 Å². The molecule has 0 radical (unpaired) electrons. The van der Waals surface area contributed by atoms with E-state index >= 15 is 0 Å². The van der Waals surface area contributed by atoms with Crippen molar-refractivity contribution in [2.45, 2.75) is 25.1 Å². The van der Waals surface area contributed by atoms with Gasteiger partial charge in [-0.15, -0.1) is 0 Å². The summed E-state index contributed by atoms with van der Waals surface area (Å²) in [6.07, 6.45) is 1.28. The molecular formula is C14H20N2O3. The van der Waals surface area contributed by atoms with Crippen LogP contribution in [0.1, 0.15) is 23.6 Å². The first kappa shape index (κ1) is 12.7. The molecule has 0 aromatic heterocycles. The highest BCUT2D eigenvalue weighted by molar-refractivity contribution is 5.49. The first-order valence-corrected chi connectivity index (χ1v) is 6.63. The Morgan fingerprint density at radius 1 is 1.26 bits per heavy atom. The standard InChI is InChI=1S/C14H20N2O3/c1-18-12-5-9-3-4-16-8-15-14(17)7-11(16)10(9)6-13(12)19-2/h5-6,11,14-15,17H,3-4,7-8H2,1-2H3/t11-,14+/m1/s1. The Morgan fingerprint density at radius 2 is 2.00 bits per heavy atom. The molecule has 2 heterocycles. The van der Waals surface area contributed by atoms with E-state index in [0.717, 1.165) is 31.1 Å². The fraction of sp³-hybridized carbons (Fsp3) is 0.571. The minimum atomic E-state index is -0.430. The Labute approximate surface area is 113 Å². The average Bonchev–Trinajstić information content (AvgIpc) is 2.45. The maximum absolute atomic E-state index is 9.81. The molecule has 0 unspecified atom stereocenters. The molecular weight excluding hydrogens is 244 g/mol. The maximum atomic E-state index is 9.81. The summed E-state index contributed by atoms with van der Waals surface area (Å²) in [6, 6.07) is 4.39. The molecule has 5 nitrogen and oxygen atoms in total. The fourth-order valence-corrected chi connectivity index (χ4v) is 3.06. The van der Waals surface area contributed by atoms with E-state index in [1.165, 1.54) is 11.1 Å². The lowest BCUT2D eigenvalue weighted by Gasteiger charge is -2.42. The molecule has 2 aliphatic rings. The second-order valence-corrected chi connectivity index (χ2v) is 5.10. The Hall–Kier alpha value is -1.30. The van der Waals surface area contributed by atoms with Crippen LogP contribution in [-0.4, -0.2) is 43.7 Å². The van der Waals surface area contributed by atoms with Crippen LogP contribution in [-0.2, 0) is 6.42 Å². The topological polar surface area (TPSA) is 54.0 Å². The van der Waals surface area contributed by atoms with Crippen LogP contribution in [0, 0.1) is 0 Å². The van der Waals surface area contributed by atoms with Crippen molar-refractivity contribution in [3.8, 4) is 11.5 Å². The van der Waals surface area contributed by atoms with E-state index in [0.29, 0.717) is 6.42 Å². The quantitative estimate of drug-likeness (QED) is 0.830. The number of rotatable bonds is 2. The van der Waals surface area contributed by atoms with Gasteiger partial charge in [0.15, 0.2) is 11.5 Å². The van der Waals surface area contributed by atoms with Crippen LogP contribution >= 0.6 is 0 Å². The van der Waals surface area contributed by atoms with Gasteiger partial charge in [0.25, 0.3) is 0 Å². The molecule has 0 saturated carbocycles. The van der Waals surface area contributed by atoms with E-state index in [1.54, 1.807) is 14.2 Å². The third-order valence-corrected chi connectivity index (χ3v) is 4.09. The number of aliphatic hydroxyl groups is 1. The van der Waals surface area contributed by atoms with Crippen LogP contribution in [0.4, 0.5) is 0 Å². The zero-order chi connectivity index (χ0) is 13.4. The first-order valence-electron chi connectivity index (χ1n) is 6.63. The minimum absolute atomic E-state index is 0.264. The number of benzene rings is 1. The van der Waals surface area contributed by atoms with Gasteiger partial charge < -0.3 is 14.6 Å². The smallest absolute Gasteiger partial charge is 0.161 e. The zero-order valence-corrected chi connectivity index (χ0v) is 11.3. The maximum Gasteiger partial charge on any atom is 0.161 e. The van der Waals surface area contributed by atoms with Gasteiger partial charge in [-0.1, -0.05) is 0 Å². The summed E-state index contributed by atoms with van der Waals surface area (Å²) >= 11 is 0. The molecule has 1 aromatic carbocycles. The monoisotopic (exact) mass is 264 g/mol. The summed E-state index contributed by atoms with van der Waals surface area (Å²) in [4.78, 5) is 2.36. The molecule has 2 atom stereocenters. The van der Waals surface area contributed by atoms with Crippen molar-refractivity contribution in [3.63, 3.8) is 0 Å². The molecule has 104 valence electrons. The molecule has 2 aliphatic heterocycles. The van der Waals surface area contributed by atoms with Gasteiger partial charge >= 0.3 is 0 Å². The van der Waals surface area contributed by atoms with Crippen molar-refractivity contribution < 1.29 is 14.6 Å². The highest BCUT2D eigenvalue weighted by Gasteiger charge is 2.33. The van der Waals surface area contributed by atoms with Crippen molar-refractivity contribution in [1.82, 2.24) is 10.2 Å². The van der Waals surface area contributed by atoms with Gasteiger partial charge in [-0.3, -0.25) is 10.2 Å². The van der Waals surface area contributed by atoms with Gasteiger partial charge in [0, 0.05) is 19.0 Å². The Balaban J connectivity index is 2.01. The second kappa shape index (κ2) is 5.00. The predicted octanol–water partition coefficient (Wildman–Crippen LogP) is 0.872. The number of ether oxygens (including phenoxy) is 2. The number of nitrogens with one attached hydrogen (secondary N) is 1. The zero-order valence-electron chi connectivity index (χ0n) is 11.3. The van der Waals surface area contributed by atoms with E-state index in [2.05, 4.69) is 22.3 Å². The number of methoxy groups -OCH3 is 2. The Kier molecular flexibility index (Phi) is 3.35. The molecule has 0 amide bonds. The van der Waals surface area contributed by atoms with Crippen molar-refractivity contribution in [1.29, 1.82) is 0 Å². The summed E-state index contributed by atoms with van der Waals surface area (Å²) < 4.78 is 10.7. The van der Waals surface area contributed by atoms with Crippen molar-refractivity contribution in [2.24, 2.45) is 0 Å². The summed E-state index contributed by atoms with van der Waals surface area (Å²) in [6.45, 7) is 1.74. The third-order valence-electron chi connectivity index (χ3n) is 4.09. The lowest BCUT2D eigenvalue weighted by Crippen LogP contribution is -2.51. The number of hydrogen-bond donors (Lipinski definition) is 2. The normalized spacial score (nSPS) is 26.5. The van der Waals surface area contributed by atoms with Crippen LogP contribution in [0.5, 0.6) is 11.5 Å². The van der Waals surface area contributed by atoms with Gasteiger partial charge in [-0.05, 0) is 29.7 Å². The lowest BCUT2D eigenvalue weighted by molar-refractivity contribution is 0.00922. The largest absolute Gasteiger partial charge is 0.493 e. The van der Waals surface area contributed by atoms with Crippen LogP contribution in [0.2, 0.25) is 0 Å². The predicted molar refractivity (Wildman–Crippen MR) is 71.3 cm³/mol. The van der Waals surface area contributed by atoms with Gasteiger partial charge in [0.05, 0.1) is 20.9 Å². The van der Waals surface area contributed by atoms with Crippen LogP contribution in [0.3, 0.4) is 0 Å². The molecule has 1 fully saturated rings. The van der Waals surface area contributed by atoms with E-state index in [4.69, 9.17) is 9.47 Å². The van der Waals surface area contributed by atoms with Crippen LogP contribution in [0.15, 0.2) is 12.1 Å². The van der Waals surface area contributed by atoms with Crippen molar-refractivity contribution >= 4 is 0 Å². The minimum Gasteiger partial charge on any atom is -0.493 e. The Bertz CT molecular complexity index is 478.